The molecule has 2 amide bonds. The SMILES string of the molecule is CC(C)(C)OC(=O)N1Cc2nc(-c3c(F)cccc3F)cc(-n3ccc(N4CCOCC4CO)n3)c2C1=O. The van der Waals surface area contributed by atoms with E-state index in [2.05, 4.69) is 10.1 Å². The summed E-state index contributed by atoms with van der Waals surface area (Å²) in [4.78, 5) is 33.4. The second-order valence-corrected chi connectivity index (χ2v) is 10.0. The van der Waals surface area contributed by atoms with Crippen LogP contribution < -0.4 is 4.90 Å². The largest absolute Gasteiger partial charge is 0.443 e. The van der Waals surface area contributed by atoms with Crippen molar-refractivity contribution in [2.75, 3.05) is 31.3 Å². The van der Waals surface area contributed by atoms with Crippen LogP contribution in [-0.4, -0.2) is 74.8 Å². The number of nitrogens with zero attached hydrogens (tertiary/aromatic N) is 5. The Morgan fingerprint density at radius 3 is 2.63 bits per heavy atom. The van der Waals surface area contributed by atoms with Gasteiger partial charge in [-0.25, -0.2) is 28.1 Å². The minimum atomic E-state index is -0.856. The van der Waals surface area contributed by atoms with Crippen molar-refractivity contribution < 1.29 is 33.0 Å². The van der Waals surface area contributed by atoms with E-state index in [-0.39, 0.29) is 47.4 Å². The summed E-state index contributed by atoms with van der Waals surface area (Å²) in [5.41, 5.74) is -0.823. The smallest absolute Gasteiger partial charge is 0.417 e. The third kappa shape index (κ3) is 4.72. The molecule has 1 fully saturated rings. The molecule has 0 bridgehead atoms. The van der Waals surface area contributed by atoms with Crippen molar-refractivity contribution in [2.45, 2.75) is 39.0 Å². The molecule has 3 aromatic rings. The molecule has 10 nitrogen and oxygen atoms in total. The third-order valence-electron chi connectivity index (χ3n) is 6.23. The Labute approximate surface area is 217 Å². The Kier molecular flexibility index (Phi) is 6.61. The highest BCUT2D eigenvalue weighted by molar-refractivity contribution is 6.08. The van der Waals surface area contributed by atoms with Gasteiger partial charge in [0, 0.05) is 18.8 Å². The number of benzene rings is 1. The lowest BCUT2D eigenvalue weighted by molar-refractivity contribution is 0.0247. The fourth-order valence-electron chi connectivity index (χ4n) is 4.51. The molecule has 0 saturated carbocycles. The van der Waals surface area contributed by atoms with Crippen molar-refractivity contribution in [1.29, 1.82) is 0 Å². The lowest BCUT2D eigenvalue weighted by atomic mass is 10.1. The predicted molar refractivity (Wildman–Crippen MR) is 132 cm³/mol. The standard InChI is InChI=1S/C26H27F2N5O5/c1-26(2,3)38-25(36)32-12-19-23(24(32)35)20(11-18(29-19)22-16(27)5-4-6-17(22)28)33-8-7-21(30-33)31-9-10-37-14-15(31)13-34/h4-8,11,15,34H,9-10,12-14H2,1-3H3. The Morgan fingerprint density at radius 2 is 1.95 bits per heavy atom. The number of fused-ring (bicyclic) bond motifs is 1. The summed E-state index contributed by atoms with van der Waals surface area (Å²) in [6.45, 7) is 5.94. The van der Waals surface area contributed by atoms with Gasteiger partial charge >= 0.3 is 6.09 Å². The highest BCUT2D eigenvalue weighted by Crippen LogP contribution is 2.34. The van der Waals surface area contributed by atoms with Gasteiger partial charge in [-0.2, -0.15) is 5.10 Å². The van der Waals surface area contributed by atoms with Gasteiger partial charge in [-0.1, -0.05) is 6.07 Å². The molecule has 1 atom stereocenters. The van der Waals surface area contributed by atoms with Crippen LogP contribution in [0.4, 0.5) is 19.4 Å². The zero-order valence-corrected chi connectivity index (χ0v) is 21.1. The molecule has 0 spiro atoms. The van der Waals surface area contributed by atoms with Crippen LogP contribution in [0.5, 0.6) is 0 Å². The molecule has 200 valence electrons. The minimum absolute atomic E-state index is 0.0511. The number of hydrogen-bond acceptors (Lipinski definition) is 8. The first-order valence-corrected chi connectivity index (χ1v) is 12.1. The predicted octanol–water partition coefficient (Wildman–Crippen LogP) is 3.30. The summed E-state index contributed by atoms with van der Waals surface area (Å²) in [6.07, 6.45) is 0.741. The molecule has 5 rings (SSSR count). The van der Waals surface area contributed by atoms with Gasteiger partial charge in [-0.05, 0) is 39.0 Å². The van der Waals surface area contributed by atoms with E-state index >= 15 is 0 Å². The van der Waals surface area contributed by atoms with Crippen molar-refractivity contribution in [1.82, 2.24) is 19.7 Å². The number of aliphatic hydroxyl groups is 1. The van der Waals surface area contributed by atoms with Gasteiger partial charge in [0.2, 0.25) is 0 Å². The van der Waals surface area contributed by atoms with E-state index in [1.165, 1.54) is 16.8 Å². The van der Waals surface area contributed by atoms with Gasteiger partial charge in [0.15, 0.2) is 5.82 Å². The molecule has 0 aliphatic carbocycles. The van der Waals surface area contributed by atoms with Crippen LogP contribution in [0, 0.1) is 11.6 Å². The number of pyridine rings is 1. The number of ether oxygens (including phenoxy) is 2. The molecule has 2 aliphatic rings. The van der Waals surface area contributed by atoms with E-state index < -0.39 is 29.2 Å². The lowest BCUT2D eigenvalue weighted by Gasteiger charge is -2.34. The van der Waals surface area contributed by atoms with Crippen LogP contribution in [-0.2, 0) is 16.0 Å². The summed E-state index contributed by atoms with van der Waals surface area (Å²) >= 11 is 0. The molecule has 2 aliphatic heterocycles. The number of anilines is 1. The van der Waals surface area contributed by atoms with Gasteiger partial charge in [0.1, 0.15) is 17.2 Å². The molecule has 1 aromatic carbocycles. The fraction of sp³-hybridized carbons (Fsp3) is 0.385. The molecule has 12 heteroatoms. The number of carbonyl (C=O) groups is 2. The maximum atomic E-state index is 14.7. The Balaban J connectivity index is 1.62. The van der Waals surface area contributed by atoms with E-state index in [0.717, 1.165) is 17.0 Å². The fourth-order valence-corrected chi connectivity index (χ4v) is 4.51. The van der Waals surface area contributed by atoms with Crippen molar-refractivity contribution in [3.05, 3.63) is 59.4 Å². The van der Waals surface area contributed by atoms with Crippen molar-refractivity contribution in [3.63, 3.8) is 0 Å². The highest BCUT2D eigenvalue weighted by atomic mass is 19.1. The minimum Gasteiger partial charge on any atom is -0.443 e. The average Bonchev–Trinajstić information content (AvgIpc) is 3.48. The quantitative estimate of drug-likeness (QED) is 0.551. The number of rotatable bonds is 4. The Bertz CT molecular complexity index is 1380. The maximum absolute atomic E-state index is 14.7. The summed E-state index contributed by atoms with van der Waals surface area (Å²) in [6, 6.07) is 6.25. The maximum Gasteiger partial charge on any atom is 0.417 e. The number of halogens is 2. The van der Waals surface area contributed by atoms with Crippen LogP contribution >= 0.6 is 0 Å². The first-order chi connectivity index (χ1) is 18.1. The van der Waals surface area contributed by atoms with Crippen LogP contribution in [0.25, 0.3) is 16.9 Å². The van der Waals surface area contributed by atoms with Crippen LogP contribution in [0.3, 0.4) is 0 Å². The highest BCUT2D eigenvalue weighted by Gasteiger charge is 2.39. The van der Waals surface area contributed by atoms with Gasteiger partial charge in [-0.3, -0.25) is 4.79 Å². The second-order valence-electron chi connectivity index (χ2n) is 10.0. The Morgan fingerprint density at radius 1 is 1.21 bits per heavy atom. The molecule has 38 heavy (non-hydrogen) atoms. The molecule has 0 radical (unpaired) electrons. The first-order valence-electron chi connectivity index (χ1n) is 12.1. The molecule has 1 N–H and O–H groups in total. The lowest BCUT2D eigenvalue weighted by Crippen LogP contribution is -2.47. The first kappa shape index (κ1) is 25.7. The summed E-state index contributed by atoms with van der Waals surface area (Å²) in [5, 5.41) is 14.4. The average molecular weight is 528 g/mol. The van der Waals surface area contributed by atoms with E-state index in [4.69, 9.17) is 9.47 Å². The van der Waals surface area contributed by atoms with Crippen LogP contribution in [0.1, 0.15) is 36.8 Å². The second kappa shape index (κ2) is 9.76. The van der Waals surface area contributed by atoms with E-state index in [1.54, 1.807) is 33.0 Å². The van der Waals surface area contributed by atoms with Crippen molar-refractivity contribution >= 4 is 17.8 Å². The van der Waals surface area contributed by atoms with E-state index in [1.807, 2.05) is 4.90 Å². The summed E-state index contributed by atoms with van der Waals surface area (Å²) in [7, 11) is 0. The van der Waals surface area contributed by atoms with Crippen LogP contribution in [0.2, 0.25) is 0 Å². The van der Waals surface area contributed by atoms with Gasteiger partial charge in [0.05, 0.1) is 60.6 Å². The summed E-state index contributed by atoms with van der Waals surface area (Å²) < 4.78 is 41.7. The zero-order valence-electron chi connectivity index (χ0n) is 21.1. The number of morpholine rings is 1. The molecule has 2 aromatic heterocycles. The third-order valence-corrected chi connectivity index (χ3v) is 6.23. The van der Waals surface area contributed by atoms with Crippen LogP contribution in [0.15, 0.2) is 36.5 Å². The van der Waals surface area contributed by atoms with E-state index in [9.17, 15) is 23.5 Å². The van der Waals surface area contributed by atoms with E-state index in [0.29, 0.717) is 25.6 Å². The van der Waals surface area contributed by atoms with Crippen molar-refractivity contribution in [3.8, 4) is 16.9 Å². The summed E-state index contributed by atoms with van der Waals surface area (Å²) in [5.74, 6) is -1.78. The molecule has 1 saturated heterocycles. The number of aliphatic hydroxyl groups excluding tert-OH is 1. The molecule has 4 heterocycles. The van der Waals surface area contributed by atoms with Gasteiger partial charge in [0.25, 0.3) is 5.91 Å². The number of hydrogen-bond donors (Lipinski definition) is 1. The number of carbonyl (C=O) groups excluding carboxylic acids is 2. The van der Waals surface area contributed by atoms with Gasteiger partial charge < -0.3 is 19.5 Å². The topological polar surface area (TPSA) is 110 Å². The van der Waals surface area contributed by atoms with Crippen molar-refractivity contribution in [2.24, 2.45) is 0 Å². The Hall–Kier alpha value is -3.90. The zero-order chi connectivity index (χ0) is 27.2. The van der Waals surface area contributed by atoms with Gasteiger partial charge in [-0.15, -0.1) is 0 Å². The normalized spacial score (nSPS) is 17.6. The number of aromatic nitrogens is 3. The number of amides is 2. The molecular formula is C26H27F2N5O5. The molecule has 1 unspecified atom stereocenters. The molecular weight excluding hydrogens is 500 g/mol. The number of imide groups is 1. The monoisotopic (exact) mass is 527 g/mol.